The first-order chi connectivity index (χ1) is 15.8. The van der Waals surface area contributed by atoms with Crippen molar-refractivity contribution in [2.24, 2.45) is 23.7 Å². The lowest BCUT2D eigenvalue weighted by molar-refractivity contribution is -0.143. The van der Waals surface area contributed by atoms with Gasteiger partial charge in [0.05, 0.1) is 42.4 Å². The zero-order valence-corrected chi connectivity index (χ0v) is 20.9. The number of carbonyl (C=O) groups excluding carboxylic acids is 3. The summed E-state index contributed by atoms with van der Waals surface area (Å²) >= 11 is 1.66. The number of hydrogen-bond acceptors (Lipinski definition) is 7. The summed E-state index contributed by atoms with van der Waals surface area (Å²) in [4.78, 5) is 44.4. The molecule has 2 bridgehead atoms. The van der Waals surface area contributed by atoms with Crippen LogP contribution < -0.4 is 10.6 Å². The molecule has 0 saturated carbocycles. The SMILES string of the molecule is CNC(=O)[C@@H]1[C@@H]2CC(C)C3(S2)C(C(=O)NCCN2CCOCC2)N([C@@H](CO)C(C)C)C(=O)[C@H]13. The molecule has 4 saturated heterocycles. The molecule has 186 valence electrons. The number of likely N-dealkylation sites (tertiary alicyclic amines) is 1. The summed E-state index contributed by atoms with van der Waals surface area (Å²) in [5.74, 6) is -1.34. The van der Waals surface area contributed by atoms with Crippen molar-refractivity contribution in [3.8, 4) is 0 Å². The van der Waals surface area contributed by atoms with Gasteiger partial charge in [-0.05, 0) is 18.3 Å². The quantitative estimate of drug-likeness (QED) is 0.429. The van der Waals surface area contributed by atoms with Gasteiger partial charge in [-0.3, -0.25) is 19.3 Å². The number of hydrogen-bond donors (Lipinski definition) is 3. The summed E-state index contributed by atoms with van der Waals surface area (Å²) < 4.78 is 4.74. The maximum Gasteiger partial charge on any atom is 0.244 e. The molecule has 4 rings (SSSR count). The van der Waals surface area contributed by atoms with Crippen LogP contribution in [0.3, 0.4) is 0 Å². The number of rotatable bonds is 8. The van der Waals surface area contributed by atoms with Gasteiger partial charge in [0.25, 0.3) is 0 Å². The number of aliphatic hydroxyl groups is 1. The molecule has 0 aromatic rings. The second-order valence-electron chi connectivity index (χ2n) is 10.2. The zero-order valence-electron chi connectivity index (χ0n) is 20.1. The molecular weight excluding hydrogens is 444 g/mol. The average molecular weight is 483 g/mol. The third kappa shape index (κ3) is 3.96. The number of aliphatic hydroxyl groups excluding tert-OH is 1. The molecule has 4 heterocycles. The Bertz CT molecular complexity index is 776. The maximum atomic E-state index is 13.9. The van der Waals surface area contributed by atoms with Crippen LogP contribution in [-0.2, 0) is 19.1 Å². The van der Waals surface area contributed by atoms with E-state index in [0.717, 1.165) is 26.1 Å². The number of morpholine rings is 1. The highest BCUT2D eigenvalue weighted by atomic mass is 32.2. The Labute approximate surface area is 200 Å². The normalized spacial score (nSPS) is 36.8. The fourth-order valence-corrected chi connectivity index (χ4v) is 8.87. The van der Waals surface area contributed by atoms with Gasteiger partial charge in [-0.1, -0.05) is 20.8 Å². The maximum absolute atomic E-state index is 13.9. The lowest BCUT2D eigenvalue weighted by Crippen LogP contribution is -2.59. The molecule has 9 nitrogen and oxygen atoms in total. The van der Waals surface area contributed by atoms with Gasteiger partial charge in [-0.2, -0.15) is 0 Å². The van der Waals surface area contributed by atoms with Crippen LogP contribution in [0.4, 0.5) is 0 Å². The summed E-state index contributed by atoms with van der Waals surface area (Å²) in [5.41, 5.74) is 0. The molecular formula is C23H38N4O5S. The van der Waals surface area contributed by atoms with Crippen molar-refractivity contribution < 1.29 is 24.2 Å². The van der Waals surface area contributed by atoms with E-state index in [9.17, 15) is 19.5 Å². The average Bonchev–Trinajstić information content (AvgIpc) is 3.38. The first-order valence-electron chi connectivity index (χ1n) is 12.2. The van der Waals surface area contributed by atoms with Gasteiger partial charge in [-0.25, -0.2) is 0 Å². The molecule has 4 fully saturated rings. The molecule has 1 spiro atoms. The number of ether oxygens (including phenoxy) is 1. The van der Waals surface area contributed by atoms with Gasteiger partial charge in [0.1, 0.15) is 6.04 Å². The van der Waals surface area contributed by atoms with E-state index < -0.39 is 28.7 Å². The molecule has 3 amide bonds. The highest BCUT2D eigenvalue weighted by Gasteiger charge is 2.76. The predicted molar refractivity (Wildman–Crippen MR) is 126 cm³/mol. The second-order valence-corrected chi connectivity index (χ2v) is 11.7. The van der Waals surface area contributed by atoms with Gasteiger partial charge < -0.3 is 25.4 Å². The van der Waals surface area contributed by atoms with E-state index in [0.29, 0.717) is 19.8 Å². The van der Waals surface area contributed by atoms with Crippen molar-refractivity contribution in [1.82, 2.24) is 20.4 Å². The number of nitrogens with one attached hydrogen (secondary N) is 2. The number of carbonyl (C=O) groups is 3. The van der Waals surface area contributed by atoms with Gasteiger partial charge in [0, 0.05) is 38.5 Å². The van der Waals surface area contributed by atoms with Crippen molar-refractivity contribution in [1.29, 1.82) is 0 Å². The van der Waals surface area contributed by atoms with Crippen LogP contribution in [0.5, 0.6) is 0 Å². The Morgan fingerprint density at radius 1 is 1.27 bits per heavy atom. The third-order valence-corrected chi connectivity index (χ3v) is 10.2. The van der Waals surface area contributed by atoms with E-state index in [1.54, 1.807) is 23.7 Å². The monoisotopic (exact) mass is 482 g/mol. The van der Waals surface area contributed by atoms with Crippen molar-refractivity contribution in [2.45, 2.75) is 49.3 Å². The van der Waals surface area contributed by atoms with E-state index in [2.05, 4.69) is 22.5 Å². The molecule has 33 heavy (non-hydrogen) atoms. The van der Waals surface area contributed by atoms with Crippen LogP contribution in [0.25, 0.3) is 0 Å². The molecule has 0 aromatic carbocycles. The van der Waals surface area contributed by atoms with Crippen LogP contribution in [0.2, 0.25) is 0 Å². The predicted octanol–water partition coefficient (Wildman–Crippen LogP) is -0.465. The van der Waals surface area contributed by atoms with Crippen LogP contribution in [0.15, 0.2) is 0 Å². The minimum atomic E-state index is -0.695. The van der Waals surface area contributed by atoms with Gasteiger partial charge in [-0.15, -0.1) is 11.8 Å². The van der Waals surface area contributed by atoms with Gasteiger partial charge in [0.2, 0.25) is 17.7 Å². The Kier molecular flexibility index (Phi) is 7.29. The molecule has 7 atom stereocenters. The van der Waals surface area contributed by atoms with Crippen molar-refractivity contribution in [3.05, 3.63) is 0 Å². The molecule has 0 radical (unpaired) electrons. The van der Waals surface area contributed by atoms with E-state index in [4.69, 9.17) is 4.74 Å². The zero-order chi connectivity index (χ0) is 23.9. The van der Waals surface area contributed by atoms with Gasteiger partial charge >= 0.3 is 0 Å². The molecule has 4 aliphatic rings. The van der Waals surface area contributed by atoms with Crippen LogP contribution >= 0.6 is 11.8 Å². The molecule has 10 heteroatoms. The van der Waals surface area contributed by atoms with E-state index in [1.165, 1.54) is 0 Å². The minimum Gasteiger partial charge on any atom is -0.394 e. The fraction of sp³-hybridized carbons (Fsp3) is 0.870. The van der Waals surface area contributed by atoms with Crippen LogP contribution in [0, 0.1) is 23.7 Å². The van der Waals surface area contributed by atoms with Gasteiger partial charge in [0.15, 0.2) is 0 Å². The summed E-state index contributed by atoms with van der Waals surface area (Å²) in [5, 5.41) is 16.1. The summed E-state index contributed by atoms with van der Waals surface area (Å²) in [6.07, 6.45) is 0.809. The molecule has 3 N–H and O–H groups in total. The second kappa shape index (κ2) is 9.71. The number of amides is 3. The topological polar surface area (TPSA) is 111 Å². The standard InChI is InChI=1S/C23H38N4O5S/c1-13(2)15(12-28)27-19(21(30)25-5-6-26-7-9-32-10-8-26)23-14(3)11-16(33-23)17(20(29)24-4)18(23)22(27)31/h13-19,28H,5-12H2,1-4H3,(H,24,29)(H,25,30)/t14?,15-,16-,17+,18-,19?,23?/m0/s1. The largest absolute Gasteiger partial charge is 0.394 e. The third-order valence-electron chi connectivity index (χ3n) is 8.13. The van der Waals surface area contributed by atoms with Crippen molar-refractivity contribution in [3.63, 3.8) is 0 Å². The highest BCUT2D eigenvalue weighted by molar-refractivity contribution is 8.02. The minimum absolute atomic E-state index is 0.0196. The molecule has 3 unspecified atom stereocenters. The highest BCUT2D eigenvalue weighted by Crippen LogP contribution is 2.68. The molecule has 0 aliphatic carbocycles. The van der Waals surface area contributed by atoms with E-state index >= 15 is 0 Å². The number of thioether (sulfide) groups is 1. The summed E-state index contributed by atoms with van der Waals surface area (Å²) in [6, 6.07) is -1.16. The van der Waals surface area contributed by atoms with E-state index in [-0.39, 0.29) is 41.4 Å². The van der Waals surface area contributed by atoms with Crippen LogP contribution in [-0.4, -0.2) is 108 Å². The first-order valence-corrected chi connectivity index (χ1v) is 13.1. The smallest absolute Gasteiger partial charge is 0.244 e. The Morgan fingerprint density at radius 3 is 2.58 bits per heavy atom. The lowest BCUT2D eigenvalue weighted by atomic mass is 9.66. The Morgan fingerprint density at radius 2 is 1.97 bits per heavy atom. The first kappa shape index (κ1) is 24.8. The van der Waals surface area contributed by atoms with Crippen molar-refractivity contribution >= 4 is 29.5 Å². The molecule has 0 aromatic heterocycles. The van der Waals surface area contributed by atoms with E-state index in [1.807, 2.05) is 13.8 Å². The molecule has 4 aliphatic heterocycles. The van der Waals surface area contributed by atoms with Crippen LogP contribution in [0.1, 0.15) is 27.2 Å². The Balaban J connectivity index is 1.63. The lowest BCUT2D eigenvalue weighted by Gasteiger charge is -2.41. The summed E-state index contributed by atoms with van der Waals surface area (Å²) in [6.45, 7) is 10.1. The number of fused-ring (bicyclic) bond motifs is 1. The van der Waals surface area contributed by atoms with Crippen molar-refractivity contribution in [2.75, 3.05) is 53.0 Å². The fourth-order valence-electron chi connectivity index (χ4n) is 6.46. The summed E-state index contributed by atoms with van der Waals surface area (Å²) in [7, 11) is 1.60. The Hall–Kier alpha value is -1.36. The number of nitrogens with zero attached hydrogens (tertiary/aromatic N) is 2.